The van der Waals surface area contributed by atoms with Crippen LogP contribution in [-0.4, -0.2) is 9.97 Å². The highest BCUT2D eigenvalue weighted by molar-refractivity contribution is 5.80. The summed E-state index contributed by atoms with van der Waals surface area (Å²) >= 11 is 0. The Hall–Kier alpha value is -2.36. The van der Waals surface area contributed by atoms with E-state index < -0.39 is 0 Å². The van der Waals surface area contributed by atoms with E-state index in [4.69, 9.17) is 10.2 Å². The Morgan fingerprint density at radius 2 is 2.06 bits per heavy atom. The molecule has 0 atom stereocenters. The van der Waals surface area contributed by atoms with E-state index in [1.807, 2.05) is 36.4 Å². The molecular weight excluding hydrogens is 202 g/mol. The van der Waals surface area contributed by atoms with Crippen LogP contribution < -0.4 is 5.73 Å². The Morgan fingerprint density at radius 1 is 1.12 bits per heavy atom. The molecule has 78 valence electrons. The van der Waals surface area contributed by atoms with Gasteiger partial charge >= 0.3 is 0 Å². The van der Waals surface area contributed by atoms with Gasteiger partial charge in [0.15, 0.2) is 5.58 Å². The van der Waals surface area contributed by atoms with Crippen molar-refractivity contribution in [3.63, 3.8) is 0 Å². The standard InChI is InChI=1S/C12H9N3O/c13-12-15-10-7-8(4-5-11(10)16-12)9-3-1-2-6-14-9/h1-7H,(H2,13,15). The number of rotatable bonds is 1. The molecule has 2 heterocycles. The number of pyridine rings is 1. The smallest absolute Gasteiger partial charge is 0.292 e. The second-order valence-electron chi connectivity index (χ2n) is 3.45. The van der Waals surface area contributed by atoms with Gasteiger partial charge in [0.25, 0.3) is 6.01 Å². The number of hydrogen-bond donors (Lipinski definition) is 1. The van der Waals surface area contributed by atoms with Crippen LogP contribution in [0.2, 0.25) is 0 Å². The second kappa shape index (κ2) is 3.34. The van der Waals surface area contributed by atoms with Crippen LogP contribution >= 0.6 is 0 Å². The highest BCUT2D eigenvalue weighted by Crippen LogP contribution is 2.23. The predicted octanol–water partition coefficient (Wildman–Crippen LogP) is 2.47. The van der Waals surface area contributed by atoms with Crippen molar-refractivity contribution in [3.8, 4) is 11.3 Å². The molecule has 0 spiro atoms. The zero-order valence-electron chi connectivity index (χ0n) is 8.42. The molecule has 0 aliphatic rings. The predicted molar refractivity (Wildman–Crippen MR) is 61.7 cm³/mol. The first-order valence-electron chi connectivity index (χ1n) is 4.90. The molecule has 0 saturated carbocycles. The topological polar surface area (TPSA) is 64.9 Å². The first-order chi connectivity index (χ1) is 7.83. The fourth-order valence-electron chi connectivity index (χ4n) is 1.64. The van der Waals surface area contributed by atoms with Crippen molar-refractivity contribution in [1.29, 1.82) is 0 Å². The molecule has 0 amide bonds. The summed E-state index contributed by atoms with van der Waals surface area (Å²) in [5, 5.41) is 0. The Morgan fingerprint density at radius 3 is 2.88 bits per heavy atom. The van der Waals surface area contributed by atoms with E-state index in [9.17, 15) is 0 Å². The minimum Gasteiger partial charge on any atom is -0.424 e. The van der Waals surface area contributed by atoms with Crippen LogP contribution in [0.25, 0.3) is 22.4 Å². The minimum atomic E-state index is 0.188. The third-order valence-electron chi connectivity index (χ3n) is 2.36. The number of nitrogens with two attached hydrogens (primary N) is 1. The first kappa shape index (κ1) is 8.91. The Bertz CT molecular complexity index is 631. The van der Waals surface area contributed by atoms with Gasteiger partial charge < -0.3 is 10.2 Å². The van der Waals surface area contributed by atoms with Gasteiger partial charge in [-0.3, -0.25) is 4.98 Å². The van der Waals surface area contributed by atoms with E-state index in [1.54, 1.807) is 6.20 Å². The number of oxazole rings is 1. The Kier molecular flexibility index (Phi) is 1.86. The van der Waals surface area contributed by atoms with Gasteiger partial charge in [0, 0.05) is 11.8 Å². The zero-order valence-corrected chi connectivity index (χ0v) is 8.42. The monoisotopic (exact) mass is 211 g/mol. The molecular formula is C12H9N3O. The normalized spacial score (nSPS) is 10.8. The number of anilines is 1. The lowest BCUT2D eigenvalue weighted by Gasteiger charge is -1.98. The number of aromatic nitrogens is 2. The fourth-order valence-corrected chi connectivity index (χ4v) is 1.64. The number of benzene rings is 1. The average Bonchev–Trinajstić information content (AvgIpc) is 2.69. The molecule has 0 saturated heterocycles. The first-order valence-corrected chi connectivity index (χ1v) is 4.90. The molecule has 0 unspecified atom stereocenters. The molecule has 4 heteroatoms. The summed E-state index contributed by atoms with van der Waals surface area (Å²) in [5.74, 6) is 0. The lowest BCUT2D eigenvalue weighted by molar-refractivity contribution is 0.626. The maximum absolute atomic E-state index is 5.49. The van der Waals surface area contributed by atoms with Crippen LogP contribution in [0.1, 0.15) is 0 Å². The molecule has 2 aromatic heterocycles. The summed E-state index contributed by atoms with van der Waals surface area (Å²) in [6.45, 7) is 0. The highest BCUT2D eigenvalue weighted by atomic mass is 16.4. The molecule has 1 aromatic carbocycles. The van der Waals surface area contributed by atoms with Crippen molar-refractivity contribution < 1.29 is 4.42 Å². The van der Waals surface area contributed by atoms with Crippen LogP contribution in [-0.2, 0) is 0 Å². The molecule has 0 fully saturated rings. The van der Waals surface area contributed by atoms with Crippen LogP contribution in [0.15, 0.2) is 47.0 Å². The van der Waals surface area contributed by atoms with Crippen LogP contribution in [0, 0.1) is 0 Å². The van der Waals surface area contributed by atoms with Crippen LogP contribution in [0.3, 0.4) is 0 Å². The van der Waals surface area contributed by atoms with Gasteiger partial charge in [-0.05, 0) is 30.3 Å². The molecule has 3 aromatic rings. The zero-order chi connectivity index (χ0) is 11.0. The quantitative estimate of drug-likeness (QED) is 0.671. The van der Waals surface area contributed by atoms with Crippen LogP contribution in [0.4, 0.5) is 6.01 Å². The Balaban J connectivity index is 2.18. The van der Waals surface area contributed by atoms with E-state index in [2.05, 4.69) is 9.97 Å². The van der Waals surface area contributed by atoms with E-state index in [0.29, 0.717) is 5.58 Å². The molecule has 0 radical (unpaired) electrons. The lowest BCUT2D eigenvalue weighted by Crippen LogP contribution is -1.82. The molecule has 16 heavy (non-hydrogen) atoms. The largest absolute Gasteiger partial charge is 0.424 e. The van der Waals surface area contributed by atoms with Gasteiger partial charge in [0.05, 0.1) is 5.69 Å². The fraction of sp³-hybridized carbons (Fsp3) is 0. The van der Waals surface area contributed by atoms with E-state index in [0.717, 1.165) is 16.8 Å². The third kappa shape index (κ3) is 1.40. The number of nitrogen functional groups attached to an aromatic ring is 1. The van der Waals surface area contributed by atoms with Crippen LogP contribution in [0.5, 0.6) is 0 Å². The summed E-state index contributed by atoms with van der Waals surface area (Å²) < 4.78 is 5.21. The maximum Gasteiger partial charge on any atom is 0.292 e. The van der Waals surface area contributed by atoms with Crippen molar-refractivity contribution in [1.82, 2.24) is 9.97 Å². The van der Waals surface area contributed by atoms with E-state index >= 15 is 0 Å². The molecule has 2 N–H and O–H groups in total. The van der Waals surface area contributed by atoms with E-state index in [-0.39, 0.29) is 6.01 Å². The van der Waals surface area contributed by atoms with Gasteiger partial charge in [0.1, 0.15) is 5.52 Å². The van der Waals surface area contributed by atoms with E-state index in [1.165, 1.54) is 0 Å². The van der Waals surface area contributed by atoms with Crippen molar-refractivity contribution in [2.45, 2.75) is 0 Å². The van der Waals surface area contributed by atoms with Gasteiger partial charge in [-0.2, -0.15) is 4.98 Å². The molecule has 4 nitrogen and oxygen atoms in total. The SMILES string of the molecule is Nc1nc2cc(-c3ccccn3)ccc2o1. The summed E-state index contributed by atoms with van der Waals surface area (Å²) in [6, 6.07) is 11.7. The van der Waals surface area contributed by atoms with Gasteiger partial charge in [0.2, 0.25) is 0 Å². The summed E-state index contributed by atoms with van der Waals surface area (Å²) in [5.41, 5.74) is 8.84. The summed E-state index contributed by atoms with van der Waals surface area (Å²) in [6.07, 6.45) is 1.76. The van der Waals surface area contributed by atoms with Crippen molar-refractivity contribution in [2.75, 3.05) is 5.73 Å². The summed E-state index contributed by atoms with van der Waals surface area (Å²) in [4.78, 5) is 8.36. The minimum absolute atomic E-state index is 0.188. The molecule has 3 rings (SSSR count). The highest BCUT2D eigenvalue weighted by Gasteiger charge is 2.05. The number of nitrogens with zero attached hydrogens (tertiary/aromatic N) is 2. The van der Waals surface area contributed by atoms with Gasteiger partial charge in [-0.15, -0.1) is 0 Å². The molecule has 0 bridgehead atoms. The second-order valence-corrected chi connectivity index (χ2v) is 3.45. The van der Waals surface area contributed by atoms with Gasteiger partial charge in [-0.1, -0.05) is 6.07 Å². The number of fused-ring (bicyclic) bond motifs is 1. The molecule has 0 aliphatic heterocycles. The average molecular weight is 211 g/mol. The van der Waals surface area contributed by atoms with Crippen molar-refractivity contribution in [3.05, 3.63) is 42.6 Å². The van der Waals surface area contributed by atoms with Crippen molar-refractivity contribution in [2.24, 2.45) is 0 Å². The molecule has 0 aliphatic carbocycles. The third-order valence-corrected chi connectivity index (χ3v) is 2.36. The number of hydrogen-bond acceptors (Lipinski definition) is 4. The Labute approximate surface area is 91.7 Å². The van der Waals surface area contributed by atoms with Gasteiger partial charge in [-0.25, -0.2) is 0 Å². The summed E-state index contributed by atoms with van der Waals surface area (Å²) in [7, 11) is 0. The lowest BCUT2D eigenvalue weighted by atomic mass is 10.1. The van der Waals surface area contributed by atoms with Crippen molar-refractivity contribution >= 4 is 17.1 Å². The maximum atomic E-state index is 5.49.